The van der Waals surface area contributed by atoms with Gasteiger partial charge in [-0.25, -0.2) is 0 Å². The smallest absolute Gasteiger partial charge is 0.125 e. The molecule has 2 heteroatoms. The standard InChI is InChI=1S/C12H14O2/c1-2-6-11-10(5-1)12-9(8-14-11)4-3-7-13-12/h1-2,5-6,9,12H,3-4,7-8H2/t9-,12+/m0/s1. The predicted molar refractivity (Wildman–Crippen MR) is 53.4 cm³/mol. The Labute approximate surface area is 83.8 Å². The first-order valence-corrected chi connectivity index (χ1v) is 5.28. The van der Waals surface area contributed by atoms with E-state index in [0.29, 0.717) is 5.92 Å². The van der Waals surface area contributed by atoms with Gasteiger partial charge in [0.2, 0.25) is 0 Å². The molecule has 2 nitrogen and oxygen atoms in total. The molecule has 0 aromatic heterocycles. The van der Waals surface area contributed by atoms with Crippen LogP contribution in [0.1, 0.15) is 24.5 Å². The average molecular weight is 190 g/mol. The highest BCUT2D eigenvalue weighted by atomic mass is 16.5. The maximum absolute atomic E-state index is 5.83. The molecule has 0 bridgehead atoms. The molecule has 2 atom stereocenters. The Hall–Kier alpha value is -1.02. The number of benzene rings is 1. The van der Waals surface area contributed by atoms with Crippen LogP contribution in [-0.4, -0.2) is 13.2 Å². The number of fused-ring (bicyclic) bond motifs is 3. The number of hydrogen-bond acceptors (Lipinski definition) is 2. The fraction of sp³-hybridized carbons (Fsp3) is 0.500. The molecule has 0 spiro atoms. The first-order valence-electron chi connectivity index (χ1n) is 5.28. The molecular weight excluding hydrogens is 176 g/mol. The predicted octanol–water partition coefficient (Wildman–Crippen LogP) is 2.55. The van der Waals surface area contributed by atoms with Crippen LogP contribution in [0, 0.1) is 5.92 Å². The third-order valence-corrected chi connectivity index (χ3v) is 3.12. The maximum Gasteiger partial charge on any atom is 0.125 e. The van der Waals surface area contributed by atoms with Crippen molar-refractivity contribution in [2.75, 3.05) is 13.2 Å². The number of rotatable bonds is 0. The minimum atomic E-state index is 0.286. The van der Waals surface area contributed by atoms with Crippen molar-refractivity contribution < 1.29 is 9.47 Å². The fourth-order valence-corrected chi connectivity index (χ4v) is 2.40. The van der Waals surface area contributed by atoms with Crippen molar-refractivity contribution in [3.63, 3.8) is 0 Å². The Kier molecular flexibility index (Phi) is 1.95. The first kappa shape index (κ1) is 8.30. The van der Waals surface area contributed by atoms with Gasteiger partial charge in [-0.05, 0) is 18.9 Å². The second-order valence-electron chi connectivity index (χ2n) is 4.04. The van der Waals surface area contributed by atoms with Crippen molar-refractivity contribution in [2.45, 2.75) is 18.9 Å². The van der Waals surface area contributed by atoms with Crippen molar-refractivity contribution in [1.29, 1.82) is 0 Å². The minimum absolute atomic E-state index is 0.286. The summed E-state index contributed by atoms with van der Waals surface area (Å²) in [7, 11) is 0. The van der Waals surface area contributed by atoms with Crippen LogP contribution in [0.4, 0.5) is 0 Å². The van der Waals surface area contributed by atoms with Crippen LogP contribution < -0.4 is 4.74 Å². The van der Waals surface area contributed by atoms with Crippen LogP contribution >= 0.6 is 0 Å². The highest BCUT2D eigenvalue weighted by Crippen LogP contribution is 2.41. The van der Waals surface area contributed by atoms with Gasteiger partial charge in [0.15, 0.2) is 0 Å². The molecule has 1 aromatic carbocycles. The molecule has 2 aliphatic rings. The van der Waals surface area contributed by atoms with E-state index in [0.717, 1.165) is 19.0 Å². The van der Waals surface area contributed by atoms with Gasteiger partial charge in [0, 0.05) is 18.1 Å². The zero-order valence-corrected chi connectivity index (χ0v) is 8.11. The Balaban J connectivity index is 1.99. The third kappa shape index (κ3) is 1.22. The summed E-state index contributed by atoms with van der Waals surface area (Å²) in [5.74, 6) is 1.58. The molecule has 2 aliphatic heterocycles. The van der Waals surface area contributed by atoms with Crippen molar-refractivity contribution in [2.24, 2.45) is 5.92 Å². The number of ether oxygens (including phenoxy) is 2. The molecule has 1 fully saturated rings. The second-order valence-corrected chi connectivity index (χ2v) is 4.04. The highest BCUT2D eigenvalue weighted by molar-refractivity contribution is 5.37. The molecule has 0 amide bonds. The highest BCUT2D eigenvalue weighted by Gasteiger charge is 2.33. The molecule has 0 radical (unpaired) electrons. The van der Waals surface area contributed by atoms with Gasteiger partial charge in [0.05, 0.1) is 12.7 Å². The monoisotopic (exact) mass is 190 g/mol. The van der Waals surface area contributed by atoms with E-state index in [1.165, 1.54) is 18.4 Å². The number of para-hydroxylation sites is 1. The average Bonchev–Trinajstić information content (AvgIpc) is 2.29. The normalized spacial score (nSPS) is 30.0. The zero-order chi connectivity index (χ0) is 9.38. The maximum atomic E-state index is 5.83. The second kappa shape index (κ2) is 3.28. The number of hydrogen-bond donors (Lipinski definition) is 0. The van der Waals surface area contributed by atoms with Crippen LogP contribution in [0.5, 0.6) is 5.75 Å². The van der Waals surface area contributed by atoms with Gasteiger partial charge >= 0.3 is 0 Å². The molecule has 0 N–H and O–H groups in total. The lowest BCUT2D eigenvalue weighted by atomic mass is 9.88. The van der Waals surface area contributed by atoms with Gasteiger partial charge in [-0.1, -0.05) is 18.2 Å². The quantitative estimate of drug-likeness (QED) is 0.626. The van der Waals surface area contributed by atoms with Crippen molar-refractivity contribution >= 4 is 0 Å². The molecule has 14 heavy (non-hydrogen) atoms. The van der Waals surface area contributed by atoms with E-state index in [1.54, 1.807) is 0 Å². The van der Waals surface area contributed by atoms with Crippen molar-refractivity contribution in [1.82, 2.24) is 0 Å². The van der Waals surface area contributed by atoms with Gasteiger partial charge < -0.3 is 9.47 Å². The summed E-state index contributed by atoms with van der Waals surface area (Å²) >= 11 is 0. The molecule has 1 saturated heterocycles. The van der Waals surface area contributed by atoms with E-state index in [-0.39, 0.29) is 6.10 Å². The van der Waals surface area contributed by atoms with Gasteiger partial charge in [0.1, 0.15) is 5.75 Å². The molecule has 0 unspecified atom stereocenters. The lowest BCUT2D eigenvalue weighted by Crippen LogP contribution is -2.31. The van der Waals surface area contributed by atoms with Crippen LogP contribution in [-0.2, 0) is 4.74 Å². The van der Waals surface area contributed by atoms with Crippen LogP contribution in [0.3, 0.4) is 0 Å². The summed E-state index contributed by atoms with van der Waals surface area (Å²) in [5, 5.41) is 0. The first-order chi connectivity index (χ1) is 6.95. The van der Waals surface area contributed by atoms with Gasteiger partial charge in [0.25, 0.3) is 0 Å². The van der Waals surface area contributed by atoms with Gasteiger partial charge in [-0.15, -0.1) is 0 Å². The molecule has 2 heterocycles. The molecule has 74 valence electrons. The van der Waals surface area contributed by atoms with Gasteiger partial charge in [-0.2, -0.15) is 0 Å². The summed E-state index contributed by atoms with van der Waals surface area (Å²) in [6.45, 7) is 1.72. The summed E-state index contributed by atoms with van der Waals surface area (Å²) < 4.78 is 11.5. The molecule has 0 saturated carbocycles. The van der Waals surface area contributed by atoms with Crippen molar-refractivity contribution in [3.05, 3.63) is 29.8 Å². The Morgan fingerprint density at radius 3 is 3.14 bits per heavy atom. The molecule has 3 rings (SSSR count). The van der Waals surface area contributed by atoms with Crippen molar-refractivity contribution in [3.8, 4) is 5.75 Å². The van der Waals surface area contributed by atoms with E-state index in [9.17, 15) is 0 Å². The largest absolute Gasteiger partial charge is 0.493 e. The summed E-state index contributed by atoms with van der Waals surface area (Å²) in [4.78, 5) is 0. The van der Waals surface area contributed by atoms with Crippen LogP contribution in [0.15, 0.2) is 24.3 Å². The summed E-state index contributed by atoms with van der Waals surface area (Å²) in [6.07, 6.45) is 2.69. The van der Waals surface area contributed by atoms with Gasteiger partial charge in [-0.3, -0.25) is 0 Å². The van der Waals surface area contributed by atoms with E-state index in [2.05, 4.69) is 12.1 Å². The van der Waals surface area contributed by atoms with E-state index < -0.39 is 0 Å². The molecule has 0 aliphatic carbocycles. The summed E-state index contributed by atoms with van der Waals surface area (Å²) in [6, 6.07) is 8.23. The lowest BCUT2D eigenvalue weighted by Gasteiger charge is -2.36. The Morgan fingerprint density at radius 1 is 1.21 bits per heavy atom. The fourth-order valence-electron chi connectivity index (χ4n) is 2.40. The zero-order valence-electron chi connectivity index (χ0n) is 8.11. The molecular formula is C12H14O2. The SMILES string of the molecule is c1ccc2c(c1)OC[C@@H]1CCCO[C@@H]21. The van der Waals surface area contributed by atoms with Crippen LogP contribution in [0.2, 0.25) is 0 Å². The Morgan fingerprint density at radius 2 is 2.14 bits per heavy atom. The minimum Gasteiger partial charge on any atom is -0.493 e. The topological polar surface area (TPSA) is 18.5 Å². The van der Waals surface area contributed by atoms with E-state index in [4.69, 9.17) is 9.47 Å². The third-order valence-electron chi connectivity index (χ3n) is 3.12. The van der Waals surface area contributed by atoms with E-state index >= 15 is 0 Å². The molecule has 1 aromatic rings. The van der Waals surface area contributed by atoms with Crippen LogP contribution in [0.25, 0.3) is 0 Å². The Bertz CT molecular complexity index is 335. The lowest BCUT2D eigenvalue weighted by molar-refractivity contribution is -0.0553. The van der Waals surface area contributed by atoms with E-state index in [1.807, 2.05) is 12.1 Å². The summed E-state index contributed by atoms with van der Waals surface area (Å²) in [5.41, 5.74) is 1.24.